The molecule has 0 radical (unpaired) electrons. The van der Waals surface area contributed by atoms with Crippen LogP contribution in [0.4, 0.5) is 0 Å². The largest absolute Gasteiger partial charge is 0.465 e. The maximum atomic E-state index is 11.3. The van der Waals surface area contributed by atoms with Crippen LogP contribution >= 0.6 is 0 Å². The summed E-state index contributed by atoms with van der Waals surface area (Å²) in [6.07, 6.45) is 3.66. The topological polar surface area (TPSA) is 40.0 Å². The van der Waals surface area contributed by atoms with Crippen molar-refractivity contribution in [3.8, 4) is 0 Å². The molecular formula is C10H18NO3+. The van der Waals surface area contributed by atoms with Gasteiger partial charge in [0.15, 0.2) is 6.04 Å². The average Bonchev–Trinajstić information content (AvgIpc) is 2.64. The van der Waals surface area contributed by atoms with Gasteiger partial charge in [-0.2, -0.15) is 0 Å². The van der Waals surface area contributed by atoms with Crippen LogP contribution in [0.3, 0.4) is 0 Å². The van der Waals surface area contributed by atoms with E-state index in [9.17, 15) is 4.79 Å². The Morgan fingerprint density at radius 2 is 2.43 bits per heavy atom. The van der Waals surface area contributed by atoms with Gasteiger partial charge in [-0.15, -0.1) is 0 Å². The summed E-state index contributed by atoms with van der Waals surface area (Å²) in [5.41, 5.74) is 0. The summed E-state index contributed by atoms with van der Waals surface area (Å²) in [6, 6.07) is 0.0733. The van der Waals surface area contributed by atoms with E-state index < -0.39 is 0 Å². The summed E-state index contributed by atoms with van der Waals surface area (Å²) < 4.78 is 10.3. The molecule has 0 amide bonds. The van der Waals surface area contributed by atoms with Gasteiger partial charge in [0, 0.05) is 6.61 Å². The van der Waals surface area contributed by atoms with Gasteiger partial charge < -0.3 is 14.4 Å². The van der Waals surface area contributed by atoms with E-state index in [1.807, 2.05) is 0 Å². The number of methoxy groups -OCH3 is 1. The molecule has 0 aliphatic carbocycles. The summed E-state index contributed by atoms with van der Waals surface area (Å²) in [5.74, 6) is -0.0655. The molecule has 0 aromatic heterocycles. The van der Waals surface area contributed by atoms with Crippen LogP contribution in [0.2, 0.25) is 0 Å². The van der Waals surface area contributed by atoms with Crippen LogP contribution in [0, 0.1) is 0 Å². The van der Waals surface area contributed by atoms with Crippen LogP contribution in [0.1, 0.15) is 19.3 Å². The van der Waals surface area contributed by atoms with Gasteiger partial charge in [-0.25, -0.2) is 4.79 Å². The van der Waals surface area contributed by atoms with E-state index in [2.05, 4.69) is 0 Å². The fourth-order valence-electron chi connectivity index (χ4n) is 2.26. The molecule has 2 aliphatic heterocycles. The molecule has 2 fully saturated rings. The fraction of sp³-hybridized carbons (Fsp3) is 0.900. The number of nitrogens with one attached hydrogen (secondary N) is 1. The normalized spacial score (nSPS) is 36.5. The van der Waals surface area contributed by atoms with Crippen molar-refractivity contribution >= 4 is 5.97 Å². The van der Waals surface area contributed by atoms with Crippen molar-refractivity contribution in [3.63, 3.8) is 0 Å². The Kier molecular flexibility index (Phi) is 3.03. The third-order valence-electron chi connectivity index (χ3n) is 3.25. The van der Waals surface area contributed by atoms with Crippen LogP contribution in [0.15, 0.2) is 0 Å². The molecular weight excluding hydrogens is 182 g/mol. The number of likely N-dealkylation sites (tertiary alicyclic amines) is 1. The molecule has 0 saturated carbocycles. The Labute approximate surface area is 84.2 Å². The maximum absolute atomic E-state index is 11.3. The van der Waals surface area contributed by atoms with E-state index >= 15 is 0 Å². The van der Waals surface area contributed by atoms with Crippen LogP contribution in [-0.2, 0) is 14.3 Å². The Morgan fingerprint density at radius 3 is 2.93 bits per heavy atom. The Morgan fingerprint density at radius 1 is 1.57 bits per heavy atom. The second-order valence-corrected chi connectivity index (χ2v) is 4.11. The molecule has 2 rings (SSSR count). The van der Waals surface area contributed by atoms with Crippen molar-refractivity contribution in [3.05, 3.63) is 0 Å². The van der Waals surface area contributed by atoms with E-state index in [1.54, 1.807) is 0 Å². The first-order chi connectivity index (χ1) is 6.81. The molecule has 4 heteroatoms. The molecule has 4 nitrogen and oxygen atoms in total. The summed E-state index contributed by atoms with van der Waals surface area (Å²) in [5, 5.41) is 0. The van der Waals surface area contributed by atoms with Crippen molar-refractivity contribution in [2.75, 3.05) is 26.8 Å². The number of rotatable bonds is 3. The number of carbonyl (C=O) groups is 1. The van der Waals surface area contributed by atoms with Crippen LogP contribution in [0.5, 0.6) is 0 Å². The summed E-state index contributed by atoms with van der Waals surface area (Å²) in [7, 11) is 1.46. The molecule has 1 unspecified atom stereocenters. The van der Waals surface area contributed by atoms with Crippen LogP contribution in [0.25, 0.3) is 0 Å². The molecule has 0 aromatic carbocycles. The van der Waals surface area contributed by atoms with Crippen LogP contribution in [-0.4, -0.2) is 44.9 Å². The molecule has 0 bridgehead atoms. The number of ether oxygens (including phenoxy) is 2. The molecule has 80 valence electrons. The fourth-order valence-corrected chi connectivity index (χ4v) is 2.26. The third kappa shape index (κ3) is 1.91. The zero-order valence-corrected chi connectivity index (χ0v) is 8.62. The predicted octanol–water partition coefficient (Wildman–Crippen LogP) is -1.00. The van der Waals surface area contributed by atoms with E-state index in [4.69, 9.17) is 9.47 Å². The van der Waals surface area contributed by atoms with Crippen molar-refractivity contribution in [2.24, 2.45) is 0 Å². The second-order valence-electron chi connectivity index (χ2n) is 4.11. The van der Waals surface area contributed by atoms with Gasteiger partial charge in [0.25, 0.3) is 0 Å². The Balaban J connectivity index is 1.78. The maximum Gasteiger partial charge on any atom is 0.364 e. The Bertz CT molecular complexity index is 213. The zero-order chi connectivity index (χ0) is 9.97. The smallest absolute Gasteiger partial charge is 0.364 e. The molecule has 1 N–H and O–H groups in total. The molecule has 2 saturated heterocycles. The molecule has 3 atom stereocenters. The SMILES string of the molecule is COC(=O)[C@@H]1CC[NH+]1C[C@@H]1CCCO1. The lowest BCUT2D eigenvalue weighted by atomic mass is 10.0. The Hall–Kier alpha value is -0.610. The highest BCUT2D eigenvalue weighted by Crippen LogP contribution is 2.10. The average molecular weight is 200 g/mol. The minimum atomic E-state index is -0.0655. The minimum Gasteiger partial charge on any atom is -0.465 e. The number of carbonyl (C=O) groups excluding carboxylic acids is 1. The standard InChI is InChI=1S/C10H17NO3/c1-13-10(12)9-4-5-11(9)7-8-3-2-6-14-8/h8-9H,2-7H2,1H3/p+1/t8-,9-/m0/s1. The predicted molar refractivity (Wildman–Crippen MR) is 50.1 cm³/mol. The summed E-state index contributed by atoms with van der Waals surface area (Å²) >= 11 is 0. The molecule has 2 aliphatic rings. The molecule has 0 aromatic rings. The lowest BCUT2D eigenvalue weighted by Gasteiger charge is -2.36. The third-order valence-corrected chi connectivity index (χ3v) is 3.25. The van der Waals surface area contributed by atoms with Crippen molar-refractivity contribution < 1.29 is 19.2 Å². The highest BCUT2D eigenvalue weighted by Gasteiger charge is 2.41. The van der Waals surface area contributed by atoms with Gasteiger partial charge in [0.1, 0.15) is 12.6 Å². The second kappa shape index (κ2) is 4.28. The number of hydrogen-bond acceptors (Lipinski definition) is 3. The van der Waals surface area contributed by atoms with Gasteiger partial charge in [-0.1, -0.05) is 0 Å². The first-order valence-electron chi connectivity index (χ1n) is 5.35. The summed E-state index contributed by atoms with van der Waals surface area (Å²) in [4.78, 5) is 12.6. The van der Waals surface area contributed by atoms with E-state index in [0.29, 0.717) is 6.10 Å². The highest BCUT2D eigenvalue weighted by molar-refractivity contribution is 5.74. The van der Waals surface area contributed by atoms with Crippen molar-refractivity contribution in [1.29, 1.82) is 0 Å². The van der Waals surface area contributed by atoms with E-state index in [0.717, 1.165) is 32.5 Å². The van der Waals surface area contributed by atoms with Crippen molar-refractivity contribution in [2.45, 2.75) is 31.4 Å². The number of quaternary nitrogens is 1. The van der Waals surface area contributed by atoms with E-state index in [1.165, 1.54) is 18.4 Å². The van der Waals surface area contributed by atoms with Crippen LogP contribution < -0.4 is 4.90 Å². The molecule has 0 spiro atoms. The minimum absolute atomic E-state index is 0.0655. The first kappa shape index (κ1) is 9.93. The van der Waals surface area contributed by atoms with E-state index in [-0.39, 0.29) is 12.0 Å². The monoisotopic (exact) mass is 200 g/mol. The van der Waals surface area contributed by atoms with Gasteiger partial charge in [0.05, 0.1) is 20.1 Å². The number of esters is 1. The molecule has 14 heavy (non-hydrogen) atoms. The molecule has 2 heterocycles. The van der Waals surface area contributed by atoms with Crippen molar-refractivity contribution in [1.82, 2.24) is 0 Å². The lowest BCUT2D eigenvalue weighted by Crippen LogP contribution is -3.23. The quantitative estimate of drug-likeness (QED) is 0.594. The van der Waals surface area contributed by atoms with Gasteiger partial charge in [0.2, 0.25) is 0 Å². The van der Waals surface area contributed by atoms with Gasteiger partial charge in [-0.05, 0) is 12.8 Å². The summed E-state index contributed by atoms with van der Waals surface area (Å²) in [6.45, 7) is 2.94. The van der Waals surface area contributed by atoms with Gasteiger partial charge >= 0.3 is 5.97 Å². The highest BCUT2D eigenvalue weighted by atomic mass is 16.5. The first-order valence-corrected chi connectivity index (χ1v) is 5.35. The van der Waals surface area contributed by atoms with Gasteiger partial charge in [-0.3, -0.25) is 0 Å². The zero-order valence-electron chi connectivity index (χ0n) is 8.62. The lowest BCUT2D eigenvalue weighted by molar-refractivity contribution is -0.959. The number of hydrogen-bond donors (Lipinski definition) is 1.